The van der Waals surface area contributed by atoms with Gasteiger partial charge in [0.15, 0.2) is 0 Å². The lowest BCUT2D eigenvalue weighted by Gasteiger charge is -2.27. The Balaban J connectivity index is 4.94. The van der Waals surface area contributed by atoms with Crippen LogP contribution in [0.3, 0.4) is 0 Å². The second-order valence-corrected chi connectivity index (χ2v) is 28.3. The van der Waals surface area contributed by atoms with Crippen molar-refractivity contribution in [3.8, 4) is 0 Å². The van der Waals surface area contributed by atoms with Crippen LogP contribution in [0.5, 0.6) is 0 Å². The number of likely N-dealkylation sites (N-methyl/N-ethyl adjacent to an activating group) is 1. The molecule has 0 fully saturated rings. The standard InChI is InChI=1S/C79H145N2O7P/c1-7-10-13-16-19-22-25-27-29-31-33-35-37-39-40-42-43-45-47-49-51-53-56-59-62-65-68-71-78(82)80-76(75-87-89(84,85)86-74-73-81(4,5)6)77(70-67-64-61-58-55-24-21-18-15-12-9-3)88-79(83)72-69-66-63-60-57-54-52-50-48-46-44-41-38-36-34-32-30-28-26-23-20-17-14-11-8-2/h19-20,22-23,27-30,33,35,39-40,67,70,76-77H,7-18,21,24-26,31-32,34,36-38,41-66,68-69,71-75H2,1-6H3,(H-,80,82,84,85)/p+1/b22-19-,23-20-,29-27-,30-28-,35-33-,40-39-,70-67+. The fraction of sp³-hybridized carbons (Fsp3) is 0.797. The summed E-state index contributed by atoms with van der Waals surface area (Å²) in [6.07, 6.45) is 91.8. The number of unbranched alkanes of at least 4 members (excludes halogenated alkanes) is 41. The largest absolute Gasteiger partial charge is 0.472 e. The molecule has 3 unspecified atom stereocenters. The van der Waals surface area contributed by atoms with Crippen molar-refractivity contribution in [1.82, 2.24) is 5.32 Å². The minimum atomic E-state index is -4.46. The molecule has 0 spiro atoms. The molecule has 0 aliphatic heterocycles. The molecule has 0 rings (SSSR count). The van der Waals surface area contributed by atoms with Crippen LogP contribution >= 0.6 is 7.82 Å². The van der Waals surface area contributed by atoms with E-state index < -0.39 is 20.0 Å². The second kappa shape index (κ2) is 68.1. The lowest BCUT2D eigenvalue weighted by molar-refractivity contribution is -0.870. The highest BCUT2D eigenvalue weighted by atomic mass is 31.2. The number of quaternary nitrogens is 1. The Morgan fingerprint density at radius 3 is 1.04 bits per heavy atom. The first-order chi connectivity index (χ1) is 43.4. The molecule has 0 bridgehead atoms. The van der Waals surface area contributed by atoms with Gasteiger partial charge in [-0.15, -0.1) is 0 Å². The third kappa shape index (κ3) is 69.4. The number of phosphoric ester groups is 1. The van der Waals surface area contributed by atoms with Gasteiger partial charge >= 0.3 is 13.8 Å². The van der Waals surface area contributed by atoms with E-state index in [2.05, 4.69) is 99.0 Å². The van der Waals surface area contributed by atoms with Crippen LogP contribution in [0, 0.1) is 0 Å². The molecule has 10 heteroatoms. The van der Waals surface area contributed by atoms with Crippen LogP contribution < -0.4 is 5.32 Å². The maximum absolute atomic E-state index is 13.6. The van der Waals surface area contributed by atoms with Crippen molar-refractivity contribution in [2.75, 3.05) is 40.9 Å². The van der Waals surface area contributed by atoms with Crippen molar-refractivity contribution in [2.45, 2.75) is 367 Å². The Bertz CT molecular complexity index is 1800. The quantitative estimate of drug-likeness (QED) is 0.0205. The maximum atomic E-state index is 13.6. The summed E-state index contributed by atoms with van der Waals surface area (Å²) in [6, 6.07) is -0.854. The first-order valence-electron chi connectivity index (χ1n) is 37.9. The van der Waals surface area contributed by atoms with E-state index in [0.29, 0.717) is 17.4 Å². The maximum Gasteiger partial charge on any atom is 0.472 e. The Kier molecular flexibility index (Phi) is 65.9. The molecule has 9 nitrogen and oxygen atoms in total. The predicted molar refractivity (Wildman–Crippen MR) is 388 cm³/mol. The van der Waals surface area contributed by atoms with E-state index in [1.165, 1.54) is 238 Å². The zero-order chi connectivity index (χ0) is 64.9. The van der Waals surface area contributed by atoms with Gasteiger partial charge in [0.1, 0.15) is 19.3 Å². The van der Waals surface area contributed by atoms with Crippen LogP contribution in [0.25, 0.3) is 0 Å². The highest BCUT2D eigenvalue weighted by Crippen LogP contribution is 2.43. The van der Waals surface area contributed by atoms with E-state index in [1.807, 2.05) is 33.3 Å². The number of hydrogen-bond donors (Lipinski definition) is 2. The van der Waals surface area contributed by atoms with E-state index in [-0.39, 0.29) is 31.5 Å². The molecular weight excluding hydrogens is 1120 g/mol. The summed E-state index contributed by atoms with van der Waals surface area (Å²) < 4.78 is 30.9. The number of carbonyl (C=O) groups is 2. The summed E-state index contributed by atoms with van der Waals surface area (Å²) >= 11 is 0. The zero-order valence-electron chi connectivity index (χ0n) is 59.4. The van der Waals surface area contributed by atoms with Gasteiger partial charge in [-0.3, -0.25) is 18.6 Å². The number of amides is 1. The molecule has 2 N–H and O–H groups in total. The van der Waals surface area contributed by atoms with Gasteiger partial charge in [0.2, 0.25) is 5.91 Å². The van der Waals surface area contributed by atoms with Crippen molar-refractivity contribution in [1.29, 1.82) is 0 Å². The lowest BCUT2D eigenvalue weighted by atomic mass is 10.0. The van der Waals surface area contributed by atoms with Crippen LogP contribution in [-0.4, -0.2) is 74.3 Å². The Morgan fingerprint density at radius 2 is 0.685 bits per heavy atom. The highest BCUT2D eigenvalue weighted by molar-refractivity contribution is 7.47. The molecule has 0 aromatic carbocycles. The van der Waals surface area contributed by atoms with Gasteiger partial charge < -0.3 is 19.4 Å². The first-order valence-corrected chi connectivity index (χ1v) is 39.4. The molecule has 0 saturated heterocycles. The molecule has 0 radical (unpaired) electrons. The first kappa shape index (κ1) is 86.2. The predicted octanol–water partition coefficient (Wildman–Crippen LogP) is 24.5. The molecule has 3 atom stereocenters. The molecule has 0 aliphatic rings. The minimum absolute atomic E-state index is 0.0381. The number of esters is 1. The van der Waals surface area contributed by atoms with Gasteiger partial charge in [-0.25, -0.2) is 4.57 Å². The van der Waals surface area contributed by atoms with E-state index in [1.54, 1.807) is 0 Å². The molecule has 1 amide bonds. The number of phosphoric acid groups is 1. The van der Waals surface area contributed by atoms with Crippen molar-refractivity contribution in [2.24, 2.45) is 0 Å². The molecule has 89 heavy (non-hydrogen) atoms. The van der Waals surface area contributed by atoms with Gasteiger partial charge in [0, 0.05) is 12.8 Å². The third-order valence-corrected chi connectivity index (χ3v) is 17.8. The van der Waals surface area contributed by atoms with E-state index in [0.717, 1.165) is 83.5 Å². The lowest BCUT2D eigenvalue weighted by Crippen LogP contribution is -2.47. The fourth-order valence-electron chi connectivity index (χ4n) is 11.0. The van der Waals surface area contributed by atoms with Gasteiger partial charge in [-0.05, 0) is 109 Å². The minimum Gasteiger partial charge on any atom is -0.456 e. The topological polar surface area (TPSA) is 111 Å². The SMILES string of the molecule is CCCCC/C=C\C/C=C\C/C=C\C/C=C\CCCCCCCCCCCCCC(=O)NC(COP(=O)(O)OCC[N+](C)(C)C)C(/C=C/CCCCCCCCCCC)OC(=O)CCCCCCCCCCCCCCCCC/C=C\C/C=C\CCCCC. The number of hydrogen-bond acceptors (Lipinski definition) is 6. The van der Waals surface area contributed by atoms with Crippen LogP contribution in [0.2, 0.25) is 0 Å². The van der Waals surface area contributed by atoms with E-state index in [4.69, 9.17) is 13.8 Å². The molecule has 0 saturated carbocycles. The molecule has 0 aliphatic carbocycles. The van der Waals surface area contributed by atoms with Crippen molar-refractivity contribution < 1.29 is 37.3 Å². The molecule has 0 aromatic rings. The summed E-state index contributed by atoms with van der Waals surface area (Å²) in [6.45, 7) is 6.99. The molecular formula is C79H146N2O7P+. The van der Waals surface area contributed by atoms with Crippen LogP contribution in [0.4, 0.5) is 0 Å². The van der Waals surface area contributed by atoms with Crippen molar-refractivity contribution in [3.05, 3.63) is 85.1 Å². The van der Waals surface area contributed by atoms with Gasteiger partial charge in [-0.2, -0.15) is 0 Å². The van der Waals surface area contributed by atoms with Gasteiger partial charge in [-0.1, -0.05) is 318 Å². The number of rotatable bonds is 69. The van der Waals surface area contributed by atoms with E-state index in [9.17, 15) is 19.0 Å². The third-order valence-electron chi connectivity index (χ3n) is 16.8. The Morgan fingerprint density at radius 1 is 0.393 bits per heavy atom. The van der Waals surface area contributed by atoms with Crippen molar-refractivity contribution in [3.63, 3.8) is 0 Å². The van der Waals surface area contributed by atoms with Gasteiger partial charge in [0.05, 0.1) is 33.8 Å². The molecule has 518 valence electrons. The zero-order valence-corrected chi connectivity index (χ0v) is 60.3. The Hall–Kier alpha value is -2.81. The number of allylic oxidation sites excluding steroid dienone is 13. The summed E-state index contributed by atoms with van der Waals surface area (Å²) in [5.74, 6) is -0.499. The van der Waals surface area contributed by atoms with Crippen molar-refractivity contribution >= 4 is 19.7 Å². The van der Waals surface area contributed by atoms with Crippen LogP contribution in [0.1, 0.15) is 355 Å². The summed E-state index contributed by atoms with van der Waals surface area (Å²) in [7, 11) is 1.50. The number of nitrogens with one attached hydrogen (secondary N) is 1. The molecule has 0 aromatic heterocycles. The summed E-state index contributed by atoms with van der Waals surface area (Å²) in [5, 5.41) is 3.07. The van der Waals surface area contributed by atoms with Gasteiger partial charge in [0.25, 0.3) is 0 Å². The second-order valence-electron chi connectivity index (χ2n) is 26.8. The monoisotopic (exact) mass is 1270 g/mol. The van der Waals surface area contributed by atoms with E-state index >= 15 is 0 Å². The summed E-state index contributed by atoms with van der Waals surface area (Å²) in [4.78, 5) is 38.0. The number of carbonyl (C=O) groups excluding carboxylic acids is 2. The van der Waals surface area contributed by atoms with Crippen LogP contribution in [-0.2, 0) is 27.9 Å². The average molecular weight is 1270 g/mol. The normalized spacial score (nSPS) is 13.9. The number of ether oxygens (including phenoxy) is 1. The van der Waals surface area contributed by atoms with Crippen LogP contribution in [0.15, 0.2) is 85.1 Å². The highest BCUT2D eigenvalue weighted by Gasteiger charge is 2.30. The smallest absolute Gasteiger partial charge is 0.456 e. The summed E-state index contributed by atoms with van der Waals surface area (Å²) in [5.41, 5.74) is 0. The number of nitrogens with zero attached hydrogens (tertiary/aromatic N) is 1. The molecule has 0 heterocycles. The fourth-order valence-corrected chi connectivity index (χ4v) is 11.7. The Labute approximate surface area is 552 Å². The average Bonchev–Trinajstić information content (AvgIpc) is 3.70.